The molecule has 0 aliphatic carbocycles. The maximum absolute atomic E-state index is 11.0. The van der Waals surface area contributed by atoms with E-state index >= 15 is 0 Å². The molecule has 0 saturated carbocycles. The van der Waals surface area contributed by atoms with Crippen molar-refractivity contribution in [1.82, 2.24) is 4.90 Å². The number of carbonyl (C=O) groups excluding carboxylic acids is 2. The molecule has 0 atom stereocenters. The predicted octanol–water partition coefficient (Wildman–Crippen LogP) is -3.26. The molecule has 1 saturated heterocycles. The Morgan fingerprint density at radius 1 is 1.33 bits per heavy atom. The van der Waals surface area contributed by atoms with Gasteiger partial charge in [-0.05, 0) is 12.8 Å². The van der Waals surface area contributed by atoms with Crippen molar-refractivity contribution in [2.45, 2.75) is 25.7 Å². The van der Waals surface area contributed by atoms with Crippen LogP contribution in [0.2, 0.25) is 0 Å². The van der Waals surface area contributed by atoms with Crippen LogP contribution < -0.4 is 34.7 Å². The van der Waals surface area contributed by atoms with Crippen LogP contribution in [0.3, 0.4) is 0 Å². The summed E-state index contributed by atoms with van der Waals surface area (Å²) in [6.07, 6.45) is 1.46. The molecule has 5 heteroatoms. The predicted molar refractivity (Wildman–Crippen MR) is 35.6 cm³/mol. The molecule has 0 bridgehead atoms. The maximum Gasteiger partial charge on any atom is 1.00 e. The molecule has 0 aromatic rings. The van der Waals surface area contributed by atoms with E-state index < -0.39 is 6.09 Å². The average molecular weight is 179 g/mol. The topological polar surface area (TPSA) is 60.4 Å². The van der Waals surface area contributed by atoms with Crippen molar-refractivity contribution in [2.24, 2.45) is 0 Å². The number of rotatable bonds is 0. The Morgan fingerprint density at radius 2 is 2.00 bits per heavy atom. The van der Waals surface area contributed by atoms with E-state index in [9.17, 15) is 14.7 Å². The van der Waals surface area contributed by atoms with Crippen molar-refractivity contribution >= 4 is 12.0 Å². The molecule has 4 nitrogen and oxygen atoms in total. The summed E-state index contributed by atoms with van der Waals surface area (Å²) < 4.78 is 0. The van der Waals surface area contributed by atoms with Gasteiger partial charge in [-0.15, -0.1) is 0 Å². The third kappa shape index (κ3) is 3.13. The first kappa shape index (κ1) is 11.9. The summed E-state index contributed by atoms with van der Waals surface area (Å²) in [4.78, 5) is 22.1. The van der Waals surface area contributed by atoms with Crippen LogP contribution >= 0.6 is 0 Å². The molecule has 0 radical (unpaired) electrons. The van der Waals surface area contributed by atoms with Crippen LogP contribution in [0, 0.1) is 0 Å². The third-order valence-electron chi connectivity index (χ3n) is 1.79. The molecule has 0 aromatic heterocycles. The van der Waals surface area contributed by atoms with E-state index in [1.165, 1.54) is 0 Å². The molecular formula is C7H10NNaO3. The summed E-state index contributed by atoms with van der Waals surface area (Å²) in [6, 6.07) is 0. The average Bonchev–Trinajstić information content (AvgIpc) is 2.13. The van der Waals surface area contributed by atoms with E-state index in [0.717, 1.165) is 24.2 Å². The van der Waals surface area contributed by atoms with E-state index in [1.54, 1.807) is 0 Å². The maximum atomic E-state index is 11.0. The first-order valence-electron chi connectivity index (χ1n) is 3.73. The number of nitrogens with zero attached hydrogens (tertiary/aromatic N) is 1. The van der Waals surface area contributed by atoms with Gasteiger partial charge in [0.1, 0.15) is 6.09 Å². The Morgan fingerprint density at radius 3 is 2.58 bits per heavy atom. The van der Waals surface area contributed by atoms with Gasteiger partial charge in [-0.3, -0.25) is 9.69 Å². The first-order chi connectivity index (χ1) is 5.22. The number of carbonyl (C=O) groups is 2. The monoisotopic (exact) mass is 179 g/mol. The van der Waals surface area contributed by atoms with Gasteiger partial charge in [-0.25, -0.2) is 0 Å². The SMILES string of the molecule is O=C([O-])N1CCCCCC1=O.[Na+]. The van der Waals surface area contributed by atoms with Gasteiger partial charge < -0.3 is 9.90 Å². The summed E-state index contributed by atoms with van der Waals surface area (Å²) in [5.41, 5.74) is 0. The second-order valence-electron chi connectivity index (χ2n) is 2.62. The zero-order valence-electron chi connectivity index (χ0n) is 7.21. The summed E-state index contributed by atoms with van der Waals surface area (Å²) in [5.74, 6) is -0.317. The van der Waals surface area contributed by atoms with Crippen LogP contribution in [0.1, 0.15) is 25.7 Å². The molecule has 0 aromatic carbocycles. The molecular weight excluding hydrogens is 169 g/mol. The third-order valence-corrected chi connectivity index (χ3v) is 1.79. The van der Waals surface area contributed by atoms with Crippen LogP contribution in [0.5, 0.6) is 0 Å². The molecule has 1 fully saturated rings. The van der Waals surface area contributed by atoms with E-state index in [0.29, 0.717) is 13.0 Å². The van der Waals surface area contributed by atoms with E-state index in [1.807, 2.05) is 0 Å². The molecule has 1 rings (SSSR count). The normalized spacial score (nSPS) is 18.0. The number of imide groups is 1. The van der Waals surface area contributed by atoms with Gasteiger partial charge in [-0.2, -0.15) is 0 Å². The Bertz CT molecular complexity index is 183. The number of likely N-dealkylation sites (tertiary alicyclic amines) is 1. The van der Waals surface area contributed by atoms with Crippen LogP contribution in [0.25, 0.3) is 0 Å². The fourth-order valence-electron chi connectivity index (χ4n) is 1.18. The first-order valence-corrected chi connectivity index (χ1v) is 3.73. The quantitative estimate of drug-likeness (QED) is 0.367. The fourth-order valence-corrected chi connectivity index (χ4v) is 1.18. The standard InChI is InChI=1S/C7H11NO3.Na/c9-6-4-2-1-3-5-8(6)7(10)11;/h1-5H2,(H,10,11);/q;+1/p-1. The minimum absolute atomic E-state index is 0. The molecule has 2 amide bonds. The van der Waals surface area contributed by atoms with Gasteiger partial charge in [0.2, 0.25) is 5.91 Å². The zero-order valence-corrected chi connectivity index (χ0v) is 9.21. The molecule has 0 spiro atoms. The van der Waals surface area contributed by atoms with E-state index in [4.69, 9.17) is 0 Å². The van der Waals surface area contributed by atoms with Crippen molar-refractivity contribution in [1.29, 1.82) is 0 Å². The molecule has 0 unspecified atom stereocenters. The second-order valence-corrected chi connectivity index (χ2v) is 2.62. The van der Waals surface area contributed by atoms with Crippen molar-refractivity contribution in [3.05, 3.63) is 0 Å². The van der Waals surface area contributed by atoms with Crippen molar-refractivity contribution < 1.29 is 44.3 Å². The Balaban J connectivity index is 0.00000121. The zero-order chi connectivity index (χ0) is 8.27. The van der Waals surface area contributed by atoms with Crippen LogP contribution in [0.4, 0.5) is 4.79 Å². The number of amides is 2. The smallest absolute Gasteiger partial charge is 0.530 e. The van der Waals surface area contributed by atoms with Gasteiger partial charge in [0.15, 0.2) is 0 Å². The van der Waals surface area contributed by atoms with E-state index in [-0.39, 0.29) is 35.5 Å². The Labute approximate surface area is 93.2 Å². The largest absolute Gasteiger partial charge is 1.00 e. The van der Waals surface area contributed by atoms with Crippen molar-refractivity contribution in [2.75, 3.05) is 6.54 Å². The Kier molecular flexibility index (Phi) is 5.53. The molecule has 1 aliphatic heterocycles. The summed E-state index contributed by atoms with van der Waals surface area (Å²) in [7, 11) is 0. The van der Waals surface area contributed by atoms with Crippen LogP contribution in [-0.4, -0.2) is 23.4 Å². The van der Waals surface area contributed by atoms with Crippen molar-refractivity contribution in [3.63, 3.8) is 0 Å². The number of hydrogen-bond acceptors (Lipinski definition) is 3. The molecule has 12 heavy (non-hydrogen) atoms. The van der Waals surface area contributed by atoms with Crippen molar-refractivity contribution in [3.8, 4) is 0 Å². The number of carboxylic acid groups (broad SMARTS) is 1. The van der Waals surface area contributed by atoms with Gasteiger partial charge in [0, 0.05) is 13.0 Å². The summed E-state index contributed by atoms with van der Waals surface area (Å²) >= 11 is 0. The van der Waals surface area contributed by atoms with E-state index in [2.05, 4.69) is 0 Å². The molecule has 1 heterocycles. The van der Waals surface area contributed by atoms with Gasteiger partial charge in [0.05, 0.1) is 0 Å². The fraction of sp³-hybridized carbons (Fsp3) is 0.714. The van der Waals surface area contributed by atoms with Crippen LogP contribution in [0.15, 0.2) is 0 Å². The summed E-state index contributed by atoms with van der Waals surface area (Å²) in [6.45, 7) is 0.307. The van der Waals surface area contributed by atoms with Crippen LogP contribution in [-0.2, 0) is 4.79 Å². The molecule has 0 N–H and O–H groups in total. The van der Waals surface area contributed by atoms with Gasteiger partial charge in [0.25, 0.3) is 0 Å². The minimum atomic E-state index is -1.36. The van der Waals surface area contributed by atoms with Gasteiger partial charge >= 0.3 is 29.6 Å². The molecule has 62 valence electrons. The second kappa shape index (κ2) is 5.56. The summed E-state index contributed by atoms with van der Waals surface area (Å²) in [5, 5.41) is 10.3. The Hall–Kier alpha value is -0.0600. The van der Waals surface area contributed by atoms with Gasteiger partial charge in [-0.1, -0.05) is 6.42 Å². The number of hydrogen-bond donors (Lipinski definition) is 0. The minimum Gasteiger partial charge on any atom is -0.530 e. The molecule has 1 aliphatic rings.